The molecule has 27 heavy (non-hydrogen) atoms. The molecule has 0 radical (unpaired) electrons. The van der Waals surface area contributed by atoms with Crippen molar-refractivity contribution in [2.75, 3.05) is 19.6 Å². The van der Waals surface area contributed by atoms with Crippen molar-refractivity contribution in [2.24, 2.45) is 5.10 Å². The Balaban J connectivity index is 1.79. The number of aromatic nitrogens is 1. The van der Waals surface area contributed by atoms with Gasteiger partial charge in [0.2, 0.25) is 10.9 Å². The standard InChI is InChI=1S/C20H21N3O3S/c1-14-13-27-20(22-14)23-21-11-16-9-17(24-2)19(25-3)18(10-16)26-12-15-7-5-4-6-8-15/h4-11,13H,12H2,1-3H3,(H,22,23). The molecule has 0 amide bonds. The molecule has 0 unspecified atom stereocenters. The summed E-state index contributed by atoms with van der Waals surface area (Å²) in [7, 11) is 3.18. The fourth-order valence-corrected chi connectivity index (χ4v) is 3.07. The molecule has 3 aromatic rings. The van der Waals surface area contributed by atoms with E-state index in [1.165, 1.54) is 11.3 Å². The van der Waals surface area contributed by atoms with Gasteiger partial charge in [0.1, 0.15) is 6.61 Å². The number of nitrogens with zero attached hydrogens (tertiary/aromatic N) is 2. The molecule has 2 aromatic carbocycles. The van der Waals surface area contributed by atoms with Crippen LogP contribution in [0, 0.1) is 6.92 Å². The smallest absolute Gasteiger partial charge is 0.203 e. The molecule has 7 heteroatoms. The van der Waals surface area contributed by atoms with Crippen LogP contribution in [0.5, 0.6) is 17.2 Å². The molecule has 140 valence electrons. The average Bonchev–Trinajstić information content (AvgIpc) is 3.11. The maximum Gasteiger partial charge on any atom is 0.203 e. The van der Waals surface area contributed by atoms with E-state index in [9.17, 15) is 0 Å². The van der Waals surface area contributed by atoms with Crippen LogP contribution in [0.4, 0.5) is 5.13 Å². The van der Waals surface area contributed by atoms with E-state index in [4.69, 9.17) is 14.2 Å². The van der Waals surface area contributed by atoms with E-state index in [1.807, 2.05) is 54.8 Å². The normalized spacial score (nSPS) is 10.8. The molecule has 0 aliphatic heterocycles. The summed E-state index contributed by atoms with van der Waals surface area (Å²) in [5.41, 5.74) is 5.76. The van der Waals surface area contributed by atoms with Gasteiger partial charge in [0, 0.05) is 10.9 Å². The Morgan fingerprint density at radius 3 is 2.56 bits per heavy atom. The minimum Gasteiger partial charge on any atom is -0.493 e. The van der Waals surface area contributed by atoms with E-state index in [0.717, 1.165) is 22.0 Å². The number of aryl methyl sites for hydroxylation is 1. The Morgan fingerprint density at radius 2 is 1.89 bits per heavy atom. The molecule has 0 atom stereocenters. The van der Waals surface area contributed by atoms with E-state index < -0.39 is 0 Å². The number of ether oxygens (including phenoxy) is 3. The highest BCUT2D eigenvalue weighted by molar-refractivity contribution is 7.13. The van der Waals surface area contributed by atoms with Crippen LogP contribution < -0.4 is 19.6 Å². The first-order valence-corrected chi connectivity index (χ1v) is 9.21. The van der Waals surface area contributed by atoms with Crippen LogP contribution in [-0.4, -0.2) is 25.4 Å². The van der Waals surface area contributed by atoms with Gasteiger partial charge in [0.25, 0.3) is 0 Å². The summed E-state index contributed by atoms with van der Waals surface area (Å²) in [5.74, 6) is 1.72. The molecule has 6 nitrogen and oxygen atoms in total. The van der Waals surface area contributed by atoms with E-state index in [-0.39, 0.29) is 0 Å². The minimum absolute atomic E-state index is 0.428. The number of benzene rings is 2. The predicted molar refractivity (Wildman–Crippen MR) is 108 cm³/mol. The minimum atomic E-state index is 0.428. The molecule has 0 aliphatic carbocycles. The van der Waals surface area contributed by atoms with Gasteiger partial charge in [-0.1, -0.05) is 30.3 Å². The summed E-state index contributed by atoms with van der Waals surface area (Å²) >= 11 is 1.50. The molecule has 0 saturated carbocycles. The van der Waals surface area contributed by atoms with E-state index in [1.54, 1.807) is 20.4 Å². The molecule has 0 fully saturated rings. The van der Waals surface area contributed by atoms with Crippen molar-refractivity contribution in [3.8, 4) is 17.2 Å². The Hall–Kier alpha value is -3.06. The topological polar surface area (TPSA) is 65.0 Å². The van der Waals surface area contributed by atoms with Gasteiger partial charge in [-0.05, 0) is 24.6 Å². The second kappa shape index (κ2) is 9.05. The molecule has 1 heterocycles. The quantitative estimate of drug-likeness (QED) is 0.458. The molecular formula is C20H21N3O3S. The second-order valence-electron chi connectivity index (χ2n) is 5.69. The fraction of sp³-hybridized carbons (Fsp3) is 0.200. The number of hydrogen-bond donors (Lipinski definition) is 1. The zero-order valence-electron chi connectivity index (χ0n) is 15.4. The first-order chi connectivity index (χ1) is 13.2. The van der Waals surface area contributed by atoms with Gasteiger partial charge >= 0.3 is 0 Å². The van der Waals surface area contributed by atoms with Crippen LogP contribution >= 0.6 is 11.3 Å². The Bertz CT molecular complexity index is 910. The summed E-state index contributed by atoms with van der Waals surface area (Å²) in [5, 5.41) is 6.94. The van der Waals surface area contributed by atoms with Crippen molar-refractivity contribution in [1.82, 2.24) is 4.98 Å². The Labute approximate surface area is 162 Å². The van der Waals surface area contributed by atoms with Crippen molar-refractivity contribution < 1.29 is 14.2 Å². The molecule has 1 aromatic heterocycles. The first-order valence-electron chi connectivity index (χ1n) is 8.33. The zero-order chi connectivity index (χ0) is 19.1. The van der Waals surface area contributed by atoms with Crippen molar-refractivity contribution in [3.05, 3.63) is 64.7 Å². The van der Waals surface area contributed by atoms with Crippen LogP contribution in [0.1, 0.15) is 16.8 Å². The fourth-order valence-electron chi connectivity index (χ4n) is 2.43. The number of rotatable bonds is 8. The van der Waals surface area contributed by atoms with Gasteiger partial charge in [0.15, 0.2) is 11.5 Å². The first kappa shape index (κ1) is 18.7. The van der Waals surface area contributed by atoms with Gasteiger partial charge in [-0.15, -0.1) is 11.3 Å². The van der Waals surface area contributed by atoms with Crippen LogP contribution in [0.25, 0.3) is 0 Å². The van der Waals surface area contributed by atoms with Gasteiger partial charge in [-0.25, -0.2) is 4.98 Å². The Morgan fingerprint density at radius 1 is 1.11 bits per heavy atom. The van der Waals surface area contributed by atoms with Gasteiger partial charge in [-0.3, -0.25) is 5.43 Å². The third-order valence-corrected chi connectivity index (χ3v) is 4.56. The van der Waals surface area contributed by atoms with Crippen LogP contribution in [-0.2, 0) is 6.61 Å². The van der Waals surface area contributed by atoms with Crippen molar-refractivity contribution in [3.63, 3.8) is 0 Å². The molecular weight excluding hydrogens is 362 g/mol. The summed E-state index contributed by atoms with van der Waals surface area (Å²) in [6, 6.07) is 13.7. The van der Waals surface area contributed by atoms with E-state index in [2.05, 4.69) is 15.5 Å². The van der Waals surface area contributed by atoms with E-state index in [0.29, 0.717) is 23.9 Å². The Kier molecular flexibility index (Phi) is 6.27. The highest BCUT2D eigenvalue weighted by atomic mass is 32.1. The monoisotopic (exact) mass is 383 g/mol. The number of anilines is 1. The lowest BCUT2D eigenvalue weighted by molar-refractivity contribution is 0.275. The number of hydrogen-bond acceptors (Lipinski definition) is 7. The number of methoxy groups -OCH3 is 2. The number of hydrazone groups is 1. The third-order valence-electron chi connectivity index (χ3n) is 3.70. The zero-order valence-corrected chi connectivity index (χ0v) is 16.2. The predicted octanol–water partition coefficient (Wildman–Crippen LogP) is 4.49. The summed E-state index contributed by atoms with van der Waals surface area (Å²) in [6.45, 7) is 2.37. The van der Waals surface area contributed by atoms with Gasteiger partial charge in [-0.2, -0.15) is 5.10 Å². The largest absolute Gasteiger partial charge is 0.493 e. The van der Waals surface area contributed by atoms with E-state index >= 15 is 0 Å². The van der Waals surface area contributed by atoms with Crippen LogP contribution in [0.2, 0.25) is 0 Å². The lowest BCUT2D eigenvalue weighted by Crippen LogP contribution is -2.01. The van der Waals surface area contributed by atoms with Gasteiger partial charge in [0.05, 0.1) is 26.1 Å². The van der Waals surface area contributed by atoms with Crippen molar-refractivity contribution in [2.45, 2.75) is 13.5 Å². The van der Waals surface area contributed by atoms with Crippen molar-refractivity contribution in [1.29, 1.82) is 0 Å². The van der Waals surface area contributed by atoms with Crippen LogP contribution in [0.15, 0.2) is 52.9 Å². The van der Waals surface area contributed by atoms with Crippen LogP contribution in [0.3, 0.4) is 0 Å². The maximum absolute atomic E-state index is 5.97. The molecule has 1 N–H and O–H groups in total. The number of nitrogens with one attached hydrogen (secondary N) is 1. The van der Waals surface area contributed by atoms with Gasteiger partial charge < -0.3 is 14.2 Å². The molecule has 0 saturated heterocycles. The average molecular weight is 383 g/mol. The highest BCUT2D eigenvalue weighted by Gasteiger charge is 2.13. The summed E-state index contributed by atoms with van der Waals surface area (Å²) in [6.07, 6.45) is 1.69. The molecule has 0 spiro atoms. The lowest BCUT2D eigenvalue weighted by Gasteiger charge is -2.15. The second-order valence-corrected chi connectivity index (χ2v) is 6.55. The summed E-state index contributed by atoms with van der Waals surface area (Å²) < 4.78 is 16.9. The highest BCUT2D eigenvalue weighted by Crippen LogP contribution is 2.38. The van der Waals surface area contributed by atoms with Crippen molar-refractivity contribution >= 4 is 22.7 Å². The molecule has 0 bridgehead atoms. The molecule has 0 aliphatic rings. The maximum atomic E-state index is 5.97. The number of thiazole rings is 1. The SMILES string of the molecule is COc1cc(C=NNc2nc(C)cs2)cc(OCc2ccccc2)c1OC. The third kappa shape index (κ3) is 4.98. The molecule has 3 rings (SSSR count). The lowest BCUT2D eigenvalue weighted by atomic mass is 10.2. The summed E-state index contributed by atoms with van der Waals surface area (Å²) in [4.78, 5) is 4.31.